The molecule has 7 heteroatoms. The van der Waals surface area contributed by atoms with Gasteiger partial charge in [0.25, 0.3) is 5.91 Å². The van der Waals surface area contributed by atoms with Crippen molar-refractivity contribution >= 4 is 46.4 Å². The largest absolute Gasteiger partial charge is 0.375 e. The number of anilines is 2. The number of benzene rings is 2. The molecule has 3 rings (SSSR count). The third-order valence-electron chi connectivity index (χ3n) is 4.83. The van der Waals surface area contributed by atoms with Crippen molar-refractivity contribution in [3.63, 3.8) is 0 Å². The summed E-state index contributed by atoms with van der Waals surface area (Å²) in [6, 6.07) is 12.1. The van der Waals surface area contributed by atoms with Crippen molar-refractivity contribution in [1.29, 1.82) is 0 Å². The lowest BCUT2D eigenvalue weighted by atomic mass is 9.98. The molecule has 0 bridgehead atoms. The predicted molar refractivity (Wildman–Crippen MR) is 114 cm³/mol. The zero-order valence-electron chi connectivity index (χ0n) is 15.7. The average molecular weight is 420 g/mol. The van der Waals surface area contributed by atoms with E-state index in [1.807, 2.05) is 4.90 Å². The van der Waals surface area contributed by atoms with Crippen LogP contribution in [0.2, 0.25) is 10.0 Å². The fourth-order valence-corrected chi connectivity index (χ4v) is 3.61. The van der Waals surface area contributed by atoms with E-state index in [2.05, 4.69) is 17.6 Å². The highest BCUT2D eigenvalue weighted by atomic mass is 35.5. The lowest BCUT2D eigenvalue weighted by Crippen LogP contribution is -2.37. The summed E-state index contributed by atoms with van der Waals surface area (Å²) in [6.45, 7) is 3.82. The van der Waals surface area contributed by atoms with E-state index in [0.29, 0.717) is 32.9 Å². The first-order chi connectivity index (χ1) is 13.4. The highest BCUT2D eigenvalue weighted by molar-refractivity contribution is 6.36. The normalized spacial score (nSPS) is 14.6. The van der Waals surface area contributed by atoms with E-state index in [9.17, 15) is 9.59 Å². The number of nitrogens with one attached hydrogen (secondary N) is 2. The number of hydrogen-bond donors (Lipinski definition) is 2. The molecule has 0 spiro atoms. The van der Waals surface area contributed by atoms with Gasteiger partial charge < -0.3 is 15.5 Å². The number of amides is 2. The number of likely N-dealkylation sites (tertiary alicyclic amines) is 1. The minimum Gasteiger partial charge on any atom is -0.375 e. The van der Waals surface area contributed by atoms with E-state index in [-0.39, 0.29) is 18.4 Å². The molecule has 28 heavy (non-hydrogen) atoms. The van der Waals surface area contributed by atoms with Gasteiger partial charge in [-0.2, -0.15) is 0 Å². The molecule has 0 aromatic heterocycles. The SMILES string of the molecule is CC1CCN(C(=O)c2cccc(NC(=O)CNc3ccc(Cl)cc3Cl)c2)CC1. The topological polar surface area (TPSA) is 61.4 Å². The van der Waals surface area contributed by atoms with E-state index < -0.39 is 0 Å². The Bertz CT molecular complexity index is 864. The molecule has 2 N–H and O–H groups in total. The van der Waals surface area contributed by atoms with E-state index in [1.54, 1.807) is 42.5 Å². The third kappa shape index (κ3) is 5.40. The van der Waals surface area contributed by atoms with Crippen molar-refractivity contribution in [3.8, 4) is 0 Å². The van der Waals surface area contributed by atoms with Gasteiger partial charge in [-0.15, -0.1) is 0 Å². The average Bonchev–Trinajstić information content (AvgIpc) is 2.67. The number of rotatable bonds is 5. The van der Waals surface area contributed by atoms with Crippen molar-refractivity contribution in [2.75, 3.05) is 30.3 Å². The Morgan fingerprint density at radius 3 is 2.57 bits per heavy atom. The Hall–Kier alpha value is -2.24. The van der Waals surface area contributed by atoms with Crippen molar-refractivity contribution in [3.05, 3.63) is 58.1 Å². The molecule has 2 aromatic carbocycles. The number of carbonyl (C=O) groups excluding carboxylic acids is 2. The van der Waals surface area contributed by atoms with Gasteiger partial charge in [0, 0.05) is 29.4 Å². The van der Waals surface area contributed by atoms with Crippen LogP contribution in [0.15, 0.2) is 42.5 Å². The standard InChI is InChI=1S/C21H23Cl2N3O2/c1-14-7-9-26(10-8-14)21(28)15-3-2-4-17(11-15)25-20(27)13-24-19-6-5-16(22)12-18(19)23/h2-6,11-12,14,24H,7-10,13H2,1H3,(H,25,27). The van der Waals surface area contributed by atoms with Crippen LogP contribution < -0.4 is 10.6 Å². The zero-order valence-corrected chi connectivity index (χ0v) is 17.2. The van der Waals surface area contributed by atoms with Crippen LogP contribution in [0.4, 0.5) is 11.4 Å². The van der Waals surface area contributed by atoms with Gasteiger partial charge in [0.05, 0.1) is 17.3 Å². The second-order valence-electron chi connectivity index (χ2n) is 7.08. The molecule has 1 aliphatic rings. The molecule has 2 amide bonds. The molecule has 0 saturated carbocycles. The van der Waals surface area contributed by atoms with Gasteiger partial charge in [-0.05, 0) is 55.2 Å². The molecule has 1 fully saturated rings. The molecule has 1 aliphatic heterocycles. The Morgan fingerprint density at radius 1 is 1.11 bits per heavy atom. The Balaban J connectivity index is 1.57. The maximum absolute atomic E-state index is 12.7. The van der Waals surface area contributed by atoms with Crippen molar-refractivity contribution in [1.82, 2.24) is 4.90 Å². The molecule has 0 radical (unpaired) electrons. The first kappa shape index (κ1) is 20.5. The minimum absolute atomic E-state index is 0.00840. The zero-order chi connectivity index (χ0) is 20.1. The van der Waals surface area contributed by atoms with Gasteiger partial charge in [0.2, 0.25) is 5.91 Å². The van der Waals surface area contributed by atoms with Crippen LogP contribution in [0.25, 0.3) is 0 Å². The lowest BCUT2D eigenvalue weighted by molar-refractivity contribution is -0.114. The number of halogens is 2. The summed E-state index contributed by atoms with van der Waals surface area (Å²) in [4.78, 5) is 26.8. The van der Waals surface area contributed by atoms with Crippen LogP contribution in [0.3, 0.4) is 0 Å². The van der Waals surface area contributed by atoms with E-state index in [4.69, 9.17) is 23.2 Å². The maximum Gasteiger partial charge on any atom is 0.253 e. The molecular formula is C21H23Cl2N3O2. The van der Waals surface area contributed by atoms with Gasteiger partial charge in [-0.25, -0.2) is 0 Å². The number of carbonyl (C=O) groups is 2. The molecule has 0 unspecified atom stereocenters. The molecule has 0 atom stereocenters. The summed E-state index contributed by atoms with van der Waals surface area (Å²) >= 11 is 12.0. The monoisotopic (exact) mass is 419 g/mol. The van der Waals surface area contributed by atoms with E-state index in [1.165, 1.54) is 0 Å². The van der Waals surface area contributed by atoms with Crippen LogP contribution in [-0.2, 0) is 4.79 Å². The minimum atomic E-state index is -0.234. The van der Waals surface area contributed by atoms with E-state index in [0.717, 1.165) is 25.9 Å². The second-order valence-corrected chi connectivity index (χ2v) is 7.93. The summed E-state index contributed by atoms with van der Waals surface area (Å²) in [6.07, 6.45) is 2.06. The smallest absolute Gasteiger partial charge is 0.253 e. The molecule has 5 nitrogen and oxygen atoms in total. The maximum atomic E-state index is 12.7. The molecule has 1 saturated heterocycles. The number of nitrogens with zero attached hydrogens (tertiary/aromatic N) is 1. The molecule has 1 heterocycles. The second kappa shape index (κ2) is 9.30. The Labute approximate surface area is 175 Å². The Kier molecular flexibility index (Phi) is 6.81. The van der Waals surface area contributed by atoms with Gasteiger partial charge in [0.1, 0.15) is 0 Å². The van der Waals surface area contributed by atoms with E-state index >= 15 is 0 Å². The van der Waals surface area contributed by atoms with Crippen LogP contribution in [0.1, 0.15) is 30.1 Å². The molecule has 0 aliphatic carbocycles. The van der Waals surface area contributed by atoms with Crippen molar-refractivity contribution < 1.29 is 9.59 Å². The fraction of sp³-hybridized carbons (Fsp3) is 0.333. The third-order valence-corrected chi connectivity index (χ3v) is 5.38. The lowest BCUT2D eigenvalue weighted by Gasteiger charge is -2.30. The van der Waals surface area contributed by atoms with Crippen LogP contribution in [0, 0.1) is 5.92 Å². The highest BCUT2D eigenvalue weighted by Gasteiger charge is 2.21. The fourth-order valence-electron chi connectivity index (χ4n) is 3.14. The van der Waals surface area contributed by atoms with Crippen molar-refractivity contribution in [2.45, 2.75) is 19.8 Å². The van der Waals surface area contributed by atoms with Gasteiger partial charge in [-0.1, -0.05) is 36.2 Å². The van der Waals surface area contributed by atoms with Gasteiger partial charge in [-0.3, -0.25) is 9.59 Å². The molecular weight excluding hydrogens is 397 g/mol. The van der Waals surface area contributed by atoms with Gasteiger partial charge >= 0.3 is 0 Å². The van der Waals surface area contributed by atoms with Crippen molar-refractivity contribution in [2.24, 2.45) is 5.92 Å². The Morgan fingerprint density at radius 2 is 1.86 bits per heavy atom. The first-order valence-corrected chi connectivity index (χ1v) is 10.1. The summed E-state index contributed by atoms with van der Waals surface area (Å²) < 4.78 is 0. The summed E-state index contributed by atoms with van der Waals surface area (Å²) in [5.74, 6) is 0.438. The predicted octanol–water partition coefficient (Wildman–Crippen LogP) is 4.92. The van der Waals surface area contributed by atoms with Gasteiger partial charge in [0.15, 0.2) is 0 Å². The molecule has 2 aromatic rings. The first-order valence-electron chi connectivity index (χ1n) is 9.30. The summed E-state index contributed by atoms with van der Waals surface area (Å²) in [5, 5.41) is 6.76. The summed E-state index contributed by atoms with van der Waals surface area (Å²) in [5.41, 5.74) is 1.80. The van der Waals surface area contributed by atoms with Crippen LogP contribution >= 0.6 is 23.2 Å². The number of hydrogen-bond acceptors (Lipinski definition) is 3. The van der Waals surface area contributed by atoms with Crippen LogP contribution in [0.5, 0.6) is 0 Å². The highest BCUT2D eigenvalue weighted by Crippen LogP contribution is 2.25. The quantitative estimate of drug-likeness (QED) is 0.722. The van der Waals surface area contributed by atoms with Crippen LogP contribution in [-0.4, -0.2) is 36.3 Å². The number of piperidine rings is 1. The summed E-state index contributed by atoms with van der Waals surface area (Å²) in [7, 11) is 0. The molecule has 148 valence electrons.